The molecule has 1 heterocycles. The molecule has 1 N–H and O–H groups in total. The van der Waals surface area contributed by atoms with E-state index in [1.807, 2.05) is 32.0 Å². The molecule has 0 aliphatic carbocycles. The molecule has 148 valence electrons. The second-order valence-corrected chi connectivity index (χ2v) is 5.96. The van der Waals surface area contributed by atoms with Crippen LogP contribution >= 0.6 is 0 Å². The lowest BCUT2D eigenvalue weighted by molar-refractivity contribution is -0.143. The van der Waals surface area contributed by atoms with E-state index in [-0.39, 0.29) is 18.1 Å². The van der Waals surface area contributed by atoms with Gasteiger partial charge in [-0.15, -0.1) is 0 Å². The minimum Gasteiger partial charge on any atom is -0.467 e. The van der Waals surface area contributed by atoms with Crippen molar-refractivity contribution in [1.29, 1.82) is 0 Å². The fraction of sp³-hybridized carbons (Fsp3) is 0.421. The third-order valence-corrected chi connectivity index (χ3v) is 3.79. The van der Waals surface area contributed by atoms with Crippen LogP contribution in [0.2, 0.25) is 0 Å². The van der Waals surface area contributed by atoms with E-state index in [0.29, 0.717) is 5.76 Å². The molecule has 0 bridgehead atoms. The number of nitrogens with zero attached hydrogens (tertiary/aromatic N) is 1. The third kappa shape index (κ3) is 6.10. The van der Waals surface area contributed by atoms with E-state index in [1.165, 1.54) is 25.2 Å². The van der Waals surface area contributed by atoms with Crippen molar-refractivity contribution in [2.24, 2.45) is 0 Å². The first-order valence-electron chi connectivity index (χ1n) is 8.33. The summed E-state index contributed by atoms with van der Waals surface area (Å²) in [6, 6.07) is 6.40. The van der Waals surface area contributed by atoms with Gasteiger partial charge in [0, 0.05) is 13.2 Å². The number of aryl methyl sites for hydroxylation is 3. The highest BCUT2D eigenvalue weighted by molar-refractivity contribution is 6.01. The van der Waals surface area contributed by atoms with Gasteiger partial charge < -0.3 is 14.0 Å². The molecular formula is C19H26N2O6. The Kier molecular flexibility index (Phi) is 8.47. The quantitative estimate of drug-likeness (QED) is 0.800. The van der Waals surface area contributed by atoms with Crippen molar-refractivity contribution in [3.63, 3.8) is 0 Å². The summed E-state index contributed by atoms with van der Waals surface area (Å²) in [6.07, 6.45) is 0. The smallest absolute Gasteiger partial charge is 0.328 e. The molecule has 1 unspecified atom stereocenters. The van der Waals surface area contributed by atoms with Crippen LogP contribution in [0.1, 0.15) is 23.8 Å². The highest BCUT2D eigenvalue weighted by atomic mass is 16.5. The average Bonchev–Trinajstić information content (AvgIpc) is 3.00. The zero-order valence-electron chi connectivity index (χ0n) is 16.5. The number of carbonyl (C=O) groups is 2. The average molecular weight is 378 g/mol. The van der Waals surface area contributed by atoms with E-state index in [2.05, 4.69) is 9.68 Å². The number of rotatable bonds is 5. The molecule has 0 aliphatic rings. The van der Waals surface area contributed by atoms with Crippen molar-refractivity contribution in [2.75, 3.05) is 25.7 Å². The molecule has 1 aromatic heterocycles. The molecule has 2 aromatic rings. The Morgan fingerprint density at radius 1 is 1.19 bits per heavy atom. The SMILES string of the molecule is COCC(=O)N(c1c(C)cccc1C)C(C)C(=O)OC.Cc1cc(=O)[nH]o1. The van der Waals surface area contributed by atoms with Crippen LogP contribution in [0.15, 0.2) is 33.6 Å². The summed E-state index contributed by atoms with van der Waals surface area (Å²) in [5, 5.41) is 2.14. The van der Waals surface area contributed by atoms with Crippen LogP contribution < -0.4 is 10.5 Å². The van der Waals surface area contributed by atoms with Crippen molar-refractivity contribution in [2.45, 2.75) is 33.7 Å². The van der Waals surface area contributed by atoms with Gasteiger partial charge in [-0.2, -0.15) is 5.16 Å². The second-order valence-electron chi connectivity index (χ2n) is 5.96. The fourth-order valence-corrected chi connectivity index (χ4v) is 2.56. The highest BCUT2D eigenvalue weighted by Crippen LogP contribution is 2.27. The van der Waals surface area contributed by atoms with Crippen molar-refractivity contribution < 1.29 is 23.6 Å². The monoisotopic (exact) mass is 378 g/mol. The molecule has 0 spiro atoms. The van der Waals surface area contributed by atoms with Gasteiger partial charge in [0.2, 0.25) is 0 Å². The van der Waals surface area contributed by atoms with E-state index in [0.717, 1.165) is 16.8 Å². The Morgan fingerprint density at radius 2 is 1.78 bits per heavy atom. The number of nitrogens with one attached hydrogen (secondary N) is 1. The van der Waals surface area contributed by atoms with Gasteiger partial charge in [-0.1, -0.05) is 18.2 Å². The number of carbonyl (C=O) groups excluding carboxylic acids is 2. The number of ether oxygens (including phenoxy) is 2. The fourth-order valence-electron chi connectivity index (χ4n) is 2.56. The summed E-state index contributed by atoms with van der Waals surface area (Å²) in [7, 11) is 2.76. The summed E-state index contributed by atoms with van der Waals surface area (Å²) in [6.45, 7) is 7.07. The summed E-state index contributed by atoms with van der Waals surface area (Å²) < 4.78 is 14.2. The van der Waals surface area contributed by atoms with Crippen LogP contribution in [0.25, 0.3) is 0 Å². The van der Waals surface area contributed by atoms with Crippen LogP contribution in [-0.4, -0.2) is 43.9 Å². The normalized spacial score (nSPS) is 11.2. The van der Waals surface area contributed by atoms with Crippen LogP contribution in [-0.2, 0) is 19.1 Å². The number of amides is 1. The Hall–Kier alpha value is -2.87. The number of aromatic nitrogens is 1. The first-order valence-corrected chi connectivity index (χ1v) is 8.33. The van der Waals surface area contributed by atoms with E-state index in [9.17, 15) is 14.4 Å². The number of hydrogen-bond donors (Lipinski definition) is 1. The molecule has 8 nitrogen and oxygen atoms in total. The van der Waals surface area contributed by atoms with Gasteiger partial charge in [-0.3, -0.25) is 14.5 Å². The van der Waals surface area contributed by atoms with Crippen molar-refractivity contribution in [1.82, 2.24) is 5.16 Å². The van der Waals surface area contributed by atoms with Gasteiger partial charge in [-0.25, -0.2) is 4.79 Å². The van der Waals surface area contributed by atoms with Crippen LogP contribution in [0.5, 0.6) is 0 Å². The van der Waals surface area contributed by atoms with Crippen LogP contribution in [0.3, 0.4) is 0 Å². The summed E-state index contributed by atoms with van der Waals surface area (Å²) in [5.74, 6) is -0.120. The number of benzene rings is 1. The maximum Gasteiger partial charge on any atom is 0.328 e. The first kappa shape index (κ1) is 22.2. The van der Waals surface area contributed by atoms with E-state index in [4.69, 9.17) is 9.47 Å². The Bertz CT molecular complexity index is 803. The lowest BCUT2D eigenvalue weighted by atomic mass is 10.1. The molecule has 1 aromatic carbocycles. The molecule has 0 fully saturated rings. The van der Waals surface area contributed by atoms with Gasteiger partial charge in [0.25, 0.3) is 11.5 Å². The largest absolute Gasteiger partial charge is 0.467 e. The maximum atomic E-state index is 12.3. The number of hydrogen-bond acceptors (Lipinski definition) is 6. The summed E-state index contributed by atoms with van der Waals surface area (Å²) in [4.78, 5) is 35.7. The van der Waals surface area contributed by atoms with Gasteiger partial charge in [0.15, 0.2) is 0 Å². The Morgan fingerprint density at radius 3 is 2.15 bits per heavy atom. The third-order valence-electron chi connectivity index (χ3n) is 3.79. The molecule has 0 radical (unpaired) electrons. The predicted octanol–water partition coefficient (Wildman–Crippen LogP) is 2.12. The van der Waals surface area contributed by atoms with Crippen molar-refractivity contribution >= 4 is 17.6 Å². The molecule has 1 amide bonds. The van der Waals surface area contributed by atoms with E-state index < -0.39 is 12.0 Å². The molecule has 1 atom stereocenters. The summed E-state index contributed by atoms with van der Waals surface area (Å²) >= 11 is 0. The second kappa shape index (κ2) is 10.3. The lowest BCUT2D eigenvalue weighted by Crippen LogP contribution is -2.46. The molecule has 0 saturated carbocycles. The van der Waals surface area contributed by atoms with Crippen LogP contribution in [0, 0.1) is 20.8 Å². The number of esters is 1. The van der Waals surface area contributed by atoms with Gasteiger partial charge in [0.05, 0.1) is 12.8 Å². The van der Waals surface area contributed by atoms with E-state index >= 15 is 0 Å². The summed E-state index contributed by atoms with van der Waals surface area (Å²) in [5.41, 5.74) is 2.39. The van der Waals surface area contributed by atoms with Crippen molar-refractivity contribution in [3.8, 4) is 0 Å². The van der Waals surface area contributed by atoms with Crippen LogP contribution in [0.4, 0.5) is 5.69 Å². The van der Waals surface area contributed by atoms with Gasteiger partial charge in [-0.05, 0) is 38.8 Å². The number of anilines is 1. The molecule has 27 heavy (non-hydrogen) atoms. The number of methoxy groups -OCH3 is 2. The molecule has 0 saturated heterocycles. The molecule has 0 aliphatic heterocycles. The number of para-hydroxylation sites is 1. The Balaban J connectivity index is 0.000000433. The van der Waals surface area contributed by atoms with Gasteiger partial charge in [0.1, 0.15) is 18.4 Å². The number of aromatic amines is 1. The minimum atomic E-state index is -0.706. The van der Waals surface area contributed by atoms with E-state index in [1.54, 1.807) is 13.8 Å². The molecule has 2 rings (SSSR count). The Labute approximate surface area is 158 Å². The van der Waals surface area contributed by atoms with Gasteiger partial charge >= 0.3 is 5.97 Å². The lowest BCUT2D eigenvalue weighted by Gasteiger charge is -2.30. The molecular weight excluding hydrogens is 352 g/mol. The highest BCUT2D eigenvalue weighted by Gasteiger charge is 2.29. The number of H-pyrrole nitrogens is 1. The maximum absolute atomic E-state index is 12.3. The molecule has 8 heteroatoms. The first-order chi connectivity index (χ1) is 12.7. The topological polar surface area (TPSA) is 102 Å². The van der Waals surface area contributed by atoms with Crippen molar-refractivity contribution in [3.05, 3.63) is 51.5 Å². The predicted molar refractivity (Wildman–Crippen MR) is 101 cm³/mol. The standard InChI is InChI=1S/C15H21NO4.C4H5NO2/c1-10-7-6-8-11(2)14(10)16(13(17)9-19-4)12(3)15(18)20-5;1-3-2-4(6)5-7-3/h6-8,12H,9H2,1-5H3;2H,1H3,(H,5,6). The zero-order valence-corrected chi connectivity index (χ0v) is 16.5. The zero-order chi connectivity index (χ0) is 20.6. The minimum absolute atomic E-state index is 0.0882.